The van der Waals surface area contributed by atoms with E-state index in [4.69, 9.17) is 15.9 Å². The molecule has 1 unspecified atom stereocenters. The van der Waals surface area contributed by atoms with Crippen molar-refractivity contribution >= 4 is 11.9 Å². The molecule has 0 fully saturated rings. The molecule has 0 amide bonds. The molecule has 0 aliphatic heterocycles. The van der Waals surface area contributed by atoms with E-state index in [0.717, 1.165) is 12.8 Å². The van der Waals surface area contributed by atoms with Crippen LogP contribution in [0, 0.1) is 5.41 Å². The molecule has 0 bridgehead atoms. The molecule has 5 nitrogen and oxygen atoms in total. The van der Waals surface area contributed by atoms with Gasteiger partial charge in [-0.2, -0.15) is 0 Å². The van der Waals surface area contributed by atoms with E-state index in [1.54, 1.807) is 6.92 Å². The van der Waals surface area contributed by atoms with Gasteiger partial charge in [0, 0.05) is 6.04 Å². The maximum absolute atomic E-state index is 11.0. The Balaban J connectivity index is 4.56. The fourth-order valence-electron chi connectivity index (χ4n) is 1.73. The van der Waals surface area contributed by atoms with Gasteiger partial charge in [0.1, 0.15) is 0 Å². The number of carboxylic acids is 2. The minimum Gasteiger partial charge on any atom is -0.480 e. The van der Waals surface area contributed by atoms with Crippen LogP contribution in [0.15, 0.2) is 0 Å². The molecule has 0 rings (SSSR count). The third kappa shape index (κ3) is 3.48. The molecule has 1 atom stereocenters. The van der Waals surface area contributed by atoms with Gasteiger partial charge in [-0.3, -0.25) is 9.59 Å². The maximum Gasteiger partial charge on any atom is 0.321 e. The lowest BCUT2D eigenvalue weighted by Gasteiger charge is -2.24. The summed E-state index contributed by atoms with van der Waals surface area (Å²) >= 11 is 0. The SMILES string of the molecule is CCCC(N)CCC(CC)(C(=O)O)C(=O)O. The highest BCUT2D eigenvalue weighted by Gasteiger charge is 2.44. The molecule has 0 saturated carbocycles. The van der Waals surface area contributed by atoms with Crippen LogP contribution in [0.5, 0.6) is 0 Å². The van der Waals surface area contributed by atoms with Gasteiger partial charge in [-0.1, -0.05) is 20.3 Å². The van der Waals surface area contributed by atoms with Gasteiger partial charge in [0.2, 0.25) is 0 Å². The van der Waals surface area contributed by atoms with E-state index in [1.807, 2.05) is 6.92 Å². The second-order valence-electron chi connectivity index (χ2n) is 4.13. The molecular weight excluding hydrogens is 210 g/mol. The Labute approximate surface area is 95.6 Å². The molecule has 16 heavy (non-hydrogen) atoms. The Hall–Kier alpha value is -1.10. The molecule has 0 heterocycles. The lowest BCUT2D eigenvalue weighted by Crippen LogP contribution is -2.40. The van der Waals surface area contributed by atoms with Crippen LogP contribution >= 0.6 is 0 Å². The largest absolute Gasteiger partial charge is 0.480 e. The molecule has 0 aliphatic rings. The van der Waals surface area contributed by atoms with E-state index in [9.17, 15) is 9.59 Å². The number of rotatable bonds is 8. The molecule has 0 spiro atoms. The standard InChI is InChI=1S/C11H21NO4/c1-3-5-8(12)6-7-11(4-2,9(13)14)10(15)16/h8H,3-7,12H2,1-2H3,(H,13,14)(H,15,16). The fraction of sp³-hybridized carbons (Fsp3) is 0.818. The first-order valence-electron chi connectivity index (χ1n) is 5.63. The van der Waals surface area contributed by atoms with Gasteiger partial charge >= 0.3 is 11.9 Å². The van der Waals surface area contributed by atoms with E-state index in [2.05, 4.69) is 0 Å². The van der Waals surface area contributed by atoms with Crippen molar-refractivity contribution in [2.24, 2.45) is 11.1 Å². The molecule has 5 heteroatoms. The third-order valence-electron chi connectivity index (χ3n) is 3.02. The first-order chi connectivity index (χ1) is 7.40. The monoisotopic (exact) mass is 231 g/mol. The summed E-state index contributed by atoms with van der Waals surface area (Å²) in [4.78, 5) is 22.1. The smallest absolute Gasteiger partial charge is 0.321 e. The summed E-state index contributed by atoms with van der Waals surface area (Å²) in [5.74, 6) is -2.54. The van der Waals surface area contributed by atoms with Crippen LogP contribution in [0.4, 0.5) is 0 Å². The quantitative estimate of drug-likeness (QED) is 0.549. The maximum atomic E-state index is 11.0. The van der Waals surface area contributed by atoms with Crippen LogP contribution in [0.1, 0.15) is 46.0 Å². The van der Waals surface area contributed by atoms with Crippen molar-refractivity contribution in [3.63, 3.8) is 0 Å². The highest BCUT2D eigenvalue weighted by molar-refractivity contribution is 5.98. The number of aliphatic carboxylic acids is 2. The number of hydrogen-bond acceptors (Lipinski definition) is 3. The van der Waals surface area contributed by atoms with Crippen LogP contribution < -0.4 is 5.73 Å². The van der Waals surface area contributed by atoms with Crippen LogP contribution in [0.2, 0.25) is 0 Å². The van der Waals surface area contributed by atoms with Gasteiger partial charge in [0.25, 0.3) is 0 Å². The zero-order valence-corrected chi connectivity index (χ0v) is 9.90. The van der Waals surface area contributed by atoms with Crippen LogP contribution in [-0.2, 0) is 9.59 Å². The molecule has 0 saturated heterocycles. The number of carbonyl (C=O) groups is 2. The summed E-state index contributed by atoms with van der Waals surface area (Å²) in [5.41, 5.74) is 4.09. The summed E-state index contributed by atoms with van der Waals surface area (Å²) in [6.45, 7) is 3.56. The van der Waals surface area contributed by atoms with E-state index in [-0.39, 0.29) is 18.9 Å². The van der Waals surface area contributed by atoms with E-state index in [1.165, 1.54) is 0 Å². The van der Waals surface area contributed by atoms with E-state index < -0.39 is 17.4 Å². The second-order valence-corrected chi connectivity index (χ2v) is 4.13. The van der Waals surface area contributed by atoms with Crippen molar-refractivity contribution in [1.82, 2.24) is 0 Å². The van der Waals surface area contributed by atoms with Gasteiger partial charge < -0.3 is 15.9 Å². The third-order valence-corrected chi connectivity index (χ3v) is 3.02. The predicted octanol–water partition coefficient (Wildman–Crippen LogP) is 1.46. The topological polar surface area (TPSA) is 101 Å². The lowest BCUT2D eigenvalue weighted by molar-refractivity contribution is -0.165. The molecule has 0 aromatic carbocycles. The van der Waals surface area contributed by atoms with Gasteiger partial charge in [-0.05, 0) is 25.7 Å². The first kappa shape index (κ1) is 14.9. The molecular formula is C11H21NO4. The van der Waals surface area contributed by atoms with Gasteiger partial charge in [0.15, 0.2) is 5.41 Å². The highest BCUT2D eigenvalue weighted by Crippen LogP contribution is 2.29. The van der Waals surface area contributed by atoms with E-state index in [0.29, 0.717) is 6.42 Å². The minimum absolute atomic E-state index is 0.0799. The number of carboxylic acid groups (broad SMARTS) is 2. The van der Waals surface area contributed by atoms with Crippen molar-refractivity contribution in [2.45, 2.75) is 52.0 Å². The zero-order valence-electron chi connectivity index (χ0n) is 9.90. The van der Waals surface area contributed by atoms with Gasteiger partial charge in [-0.25, -0.2) is 0 Å². The average Bonchev–Trinajstić information content (AvgIpc) is 2.18. The van der Waals surface area contributed by atoms with Gasteiger partial charge in [-0.15, -0.1) is 0 Å². The molecule has 0 aromatic heterocycles. The van der Waals surface area contributed by atoms with Crippen LogP contribution in [0.25, 0.3) is 0 Å². The second kappa shape index (κ2) is 6.48. The highest BCUT2D eigenvalue weighted by atomic mass is 16.4. The van der Waals surface area contributed by atoms with Crippen molar-refractivity contribution in [3.05, 3.63) is 0 Å². The molecule has 0 radical (unpaired) electrons. The Bertz CT molecular complexity index is 238. The minimum atomic E-state index is -1.68. The van der Waals surface area contributed by atoms with E-state index >= 15 is 0 Å². The molecule has 4 N–H and O–H groups in total. The molecule has 0 aromatic rings. The summed E-state index contributed by atoms with van der Waals surface area (Å²) in [6, 6.07) is -0.116. The van der Waals surface area contributed by atoms with Crippen molar-refractivity contribution in [2.75, 3.05) is 0 Å². The summed E-state index contributed by atoms with van der Waals surface area (Å²) in [7, 11) is 0. The van der Waals surface area contributed by atoms with Crippen LogP contribution in [-0.4, -0.2) is 28.2 Å². The van der Waals surface area contributed by atoms with Crippen molar-refractivity contribution in [3.8, 4) is 0 Å². The van der Waals surface area contributed by atoms with Crippen LogP contribution in [0.3, 0.4) is 0 Å². The first-order valence-corrected chi connectivity index (χ1v) is 5.63. The summed E-state index contributed by atoms with van der Waals surface area (Å²) in [6.07, 6.45) is 2.31. The number of hydrogen-bond donors (Lipinski definition) is 3. The molecule has 0 aliphatic carbocycles. The number of nitrogens with two attached hydrogens (primary N) is 1. The Morgan fingerprint density at radius 2 is 1.69 bits per heavy atom. The Morgan fingerprint density at radius 3 is 2.00 bits per heavy atom. The van der Waals surface area contributed by atoms with Gasteiger partial charge in [0.05, 0.1) is 0 Å². The lowest BCUT2D eigenvalue weighted by atomic mass is 9.79. The van der Waals surface area contributed by atoms with Crippen molar-refractivity contribution in [1.29, 1.82) is 0 Å². The fourth-order valence-corrected chi connectivity index (χ4v) is 1.73. The summed E-state index contributed by atoms with van der Waals surface area (Å²) < 4.78 is 0. The Kier molecular flexibility index (Phi) is 6.03. The normalized spacial score (nSPS) is 13.4. The average molecular weight is 231 g/mol. The Morgan fingerprint density at radius 1 is 1.19 bits per heavy atom. The van der Waals surface area contributed by atoms with Crippen molar-refractivity contribution < 1.29 is 19.8 Å². The summed E-state index contributed by atoms with van der Waals surface area (Å²) in [5, 5.41) is 18.0. The predicted molar refractivity (Wildman–Crippen MR) is 60.1 cm³/mol. The molecule has 94 valence electrons. The zero-order chi connectivity index (χ0) is 12.8.